The Kier molecular flexibility index (Phi) is 5.41. The van der Waals surface area contributed by atoms with Crippen LogP contribution in [0.1, 0.15) is 18.4 Å². The van der Waals surface area contributed by atoms with Crippen LogP contribution in [0.5, 0.6) is 0 Å². The Morgan fingerprint density at radius 2 is 1.92 bits per heavy atom. The van der Waals surface area contributed by atoms with Crippen LogP contribution in [0.4, 0.5) is 4.39 Å². The molecule has 0 radical (unpaired) electrons. The van der Waals surface area contributed by atoms with Gasteiger partial charge in [0.1, 0.15) is 5.82 Å². The van der Waals surface area contributed by atoms with E-state index in [1.807, 2.05) is 0 Å². The number of β-amino-alcohol motifs (C(OH)–C–C–N with tert-alkyl or cyclic N) is 1. The minimum absolute atomic E-state index is 0.0879. The highest BCUT2D eigenvalue weighted by molar-refractivity contribution is 5.91. The minimum atomic E-state index is -0.729. The smallest absolute Gasteiger partial charge is 0.233 e. The van der Waals surface area contributed by atoms with Gasteiger partial charge in [0.25, 0.3) is 0 Å². The lowest BCUT2D eigenvalue weighted by Gasteiger charge is -2.34. The highest BCUT2D eigenvalue weighted by atomic mass is 19.1. The van der Waals surface area contributed by atoms with Crippen molar-refractivity contribution in [2.45, 2.75) is 24.4 Å². The number of nitrogens with zero attached hydrogens (tertiary/aromatic N) is 3. The molecule has 25 heavy (non-hydrogen) atoms. The van der Waals surface area contributed by atoms with Gasteiger partial charge < -0.3 is 14.9 Å². The third-order valence-electron chi connectivity index (χ3n) is 5.44. The summed E-state index contributed by atoms with van der Waals surface area (Å²) in [5.41, 5.74) is -0.242. The number of carbonyl (C=O) groups is 1. The molecule has 0 spiro atoms. The zero-order valence-corrected chi connectivity index (χ0v) is 15.1. The molecule has 1 aliphatic carbocycles. The van der Waals surface area contributed by atoms with Crippen LogP contribution in [0.2, 0.25) is 0 Å². The van der Waals surface area contributed by atoms with Crippen LogP contribution in [-0.2, 0) is 10.2 Å². The Morgan fingerprint density at radius 1 is 1.28 bits per heavy atom. The molecule has 6 heteroatoms. The van der Waals surface area contributed by atoms with Gasteiger partial charge in [0.15, 0.2) is 0 Å². The summed E-state index contributed by atoms with van der Waals surface area (Å²) >= 11 is 0. The molecule has 1 unspecified atom stereocenters. The van der Waals surface area contributed by atoms with Crippen molar-refractivity contribution in [3.05, 3.63) is 35.6 Å². The van der Waals surface area contributed by atoms with E-state index >= 15 is 0 Å². The molecule has 1 amide bonds. The number of amides is 1. The van der Waals surface area contributed by atoms with E-state index in [0.29, 0.717) is 24.9 Å². The van der Waals surface area contributed by atoms with Gasteiger partial charge in [-0.1, -0.05) is 18.2 Å². The molecule has 5 nitrogen and oxygen atoms in total. The highest BCUT2D eigenvalue weighted by Gasteiger charge is 2.53. The van der Waals surface area contributed by atoms with Crippen molar-refractivity contribution in [2.75, 3.05) is 53.4 Å². The average molecular weight is 349 g/mol. The quantitative estimate of drug-likeness (QED) is 0.830. The molecule has 1 N–H and O–H groups in total. The maximum absolute atomic E-state index is 14.1. The van der Waals surface area contributed by atoms with E-state index < -0.39 is 11.5 Å². The fourth-order valence-electron chi connectivity index (χ4n) is 3.72. The molecule has 1 atom stereocenters. The molecule has 2 fully saturated rings. The molecule has 2 aliphatic rings. The summed E-state index contributed by atoms with van der Waals surface area (Å²) in [6.07, 6.45) is 0.755. The summed E-state index contributed by atoms with van der Waals surface area (Å²) in [4.78, 5) is 18.9. The minimum Gasteiger partial charge on any atom is -0.390 e. The summed E-state index contributed by atoms with van der Waals surface area (Å²) in [6, 6.07) is 6.52. The molecule has 1 saturated heterocycles. The SMILES string of the molecule is CN1CCN(CC(O)CN(C)C(=O)C2(c3ccccc3F)CC2)CC1. The van der Waals surface area contributed by atoms with E-state index in [4.69, 9.17) is 0 Å². The molecule has 1 saturated carbocycles. The van der Waals surface area contributed by atoms with Gasteiger partial charge in [0.05, 0.1) is 11.5 Å². The Morgan fingerprint density at radius 3 is 2.52 bits per heavy atom. The van der Waals surface area contributed by atoms with Gasteiger partial charge in [-0.2, -0.15) is 0 Å². The third-order valence-corrected chi connectivity index (χ3v) is 5.44. The standard InChI is InChI=1S/C19H28FN3O2/c1-21-9-11-23(12-10-21)14-15(24)13-22(2)18(25)19(7-8-19)16-5-3-4-6-17(16)20/h3-6,15,24H,7-14H2,1-2H3. The molecule has 0 aromatic heterocycles. The van der Waals surface area contributed by atoms with Crippen LogP contribution < -0.4 is 0 Å². The van der Waals surface area contributed by atoms with Crippen LogP contribution in [0.15, 0.2) is 24.3 Å². The predicted octanol–water partition coefficient (Wildman–Crippen LogP) is 0.924. The van der Waals surface area contributed by atoms with Crippen LogP contribution >= 0.6 is 0 Å². The van der Waals surface area contributed by atoms with Gasteiger partial charge in [-0.15, -0.1) is 0 Å². The molecular formula is C19H28FN3O2. The lowest BCUT2D eigenvalue weighted by molar-refractivity contribution is -0.134. The number of carbonyl (C=O) groups excluding carboxylic acids is 1. The molecular weight excluding hydrogens is 321 g/mol. The largest absolute Gasteiger partial charge is 0.390 e. The van der Waals surface area contributed by atoms with E-state index in [0.717, 1.165) is 26.2 Å². The van der Waals surface area contributed by atoms with Crippen LogP contribution in [0.3, 0.4) is 0 Å². The number of piperazine rings is 1. The van der Waals surface area contributed by atoms with Crippen molar-refractivity contribution in [1.29, 1.82) is 0 Å². The summed E-state index contributed by atoms with van der Waals surface area (Å²) < 4.78 is 14.1. The predicted molar refractivity (Wildman–Crippen MR) is 94.9 cm³/mol. The molecule has 1 aromatic rings. The van der Waals surface area contributed by atoms with Crippen molar-refractivity contribution in [2.24, 2.45) is 0 Å². The van der Waals surface area contributed by atoms with E-state index in [-0.39, 0.29) is 18.3 Å². The van der Waals surface area contributed by atoms with Gasteiger partial charge in [0, 0.05) is 51.9 Å². The van der Waals surface area contributed by atoms with E-state index in [1.165, 1.54) is 6.07 Å². The van der Waals surface area contributed by atoms with Crippen LogP contribution in [0.25, 0.3) is 0 Å². The van der Waals surface area contributed by atoms with Gasteiger partial charge in [-0.3, -0.25) is 9.69 Å². The average Bonchev–Trinajstić information content (AvgIpc) is 3.38. The molecule has 138 valence electrons. The van der Waals surface area contributed by atoms with Crippen molar-refractivity contribution >= 4 is 5.91 Å². The Bertz CT molecular complexity index is 612. The number of rotatable bonds is 6. The lowest BCUT2D eigenvalue weighted by Crippen LogP contribution is -2.49. The van der Waals surface area contributed by atoms with Gasteiger partial charge in [-0.25, -0.2) is 4.39 Å². The second-order valence-corrected chi connectivity index (χ2v) is 7.51. The van der Waals surface area contributed by atoms with Crippen molar-refractivity contribution < 1.29 is 14.3 Å². The van der Waals surface area contributed by atoms with Gasteiger partial charge in [-0.05, 0) is 26.0 Å². The molecule has 1 aliphatic heterocycles. The maximum atomic E-state index is 14.1. The summed E-state index contributed by atoms with van der Waals surface area (Å²) in [5, 5.41) is 10.4. The van der Waals surface area contributed by atoms with Crippen molar-refractivity contribution in [3.63, 3.8) is 0 Å². The molecule has 1 aromatic carbocycles. The normalized spacial score (nSPS) is 21.8. The fraction of sp³-hybridized carbons (Fsp3) is 0.632. The summed E-state index contributed by atoms with van der Waals surface area (Å²) in [5.74, 6) is -0.408. The zero-order chi connectivity index (χ0) is 18.0. The molecule has 0 bridgehead atoms. The number of aliphatic hydroxyl groups excluding tert-OH is 1. The zero-order valence-electron chi connectivity index (χ0n) is 15.1. The van der Waals surface area contributed by atoms with E-state index in [2.05, 4.69) is 16.8 Å². The number of benzene rings is 1. The number of likely N-dealkylation sites (N-methyl/N-ethyl adjacent to an activating group) is 2. The van der Waals surface area contributed by atoms with Crippen LogP contribution in [-0.4, -0.2) is 85.2 Å². The number of aliphatic hydroxyl groups is 1. The first-order chi connectivity index (χ1) is 11.9. The number of hydrogen-bond acceptors (Lipinski definition) is 4. The summed E-state index contributed by atoms with van der Waals surface area (Å²) in [6.45, 7) is 4.71. The summed E-state index contributed by atoms with van der Waals surface area (Å²) in [7, 11) is 3.80. The second kappa shape index (κ2) is 7.40. The van der Waals surface area contributed by atoms with E-state index in [1.54, 1.807) is 30.1 Å². The van der Waals surface area contributed by atoms with Gasteiger partial charge in [0.2, 0.25) is 5.91 Å². The van der Waals surface area contributed by atoms with E-state index in [9.17, 15) is 14.3 Å². The van der Waals surface area contributed by atoms with Gasteiger partial charge >= 0.3 is 0 Å². The molecule has 1 heterocycles. The highest BCUT2D eigenvalue weighted by Crippen LogP contribution is 2.50. The fourth-order valence-corrected chi connectivity index (χ4v) is 3.72. The second-order valence-electron chi connectivity index (χ2n) is 7.51. The van der Waals surface area contributed by atoms with Crippen LogP contribution in [0, 0.1) is 5.82 Å². The molecule has 3 rings (SSSR count). The number of halogens is 1. The Balaban J connectivity index is 1.57. The Hall–Kier alpha value is -1.50. The first kappa shape index (κ1) is 18.3. The lowest BCUT2D eigenvalue weighted by atomic mass is 9.93. The van der Waals surface area contributed by atoms with Crippen molar-refractivity contribution in [1.82, 2.24) is 14.7 Å². The first-order valence-electron chi connectivity index (χ1n) is 9.02. The maximum Gasteiger partial charge on any atom is 0.233 e. The Labute approximate surface area is 149 Å². The monoisotopic (exact) mass is 349 g/mol. The van der Waals surface area contributed by atoms with Crippen molar-refractivity contribution in [3.8, 4) is 0 Å². The number of hydrogen-bond donors (Lipinski definition) is 1. The first-order valence-corrected chi connectivity index (χ1v) is 9.02. The topological polar surface area (TPSA) is 47.0 Å². The third kappa shape index (κ3) is 4.02.